The molecule has 4 nitrogen and oxygen atoms in total. The van der Waals surface area contributed by atoms with Crippen LogP contribution in [-0.2, 0) is 6.18 Å². The van der Waals surface area contributed by atoms with Gasteiger partial charge in [0.25, 0.3) is 5.56 Å². The smallest absolute Gasteiger partial charge is 0.301 e. The molecule has 1 aromatic carbocycles. The van der Waals surface area contributed by atoms with Crippen LogP contribution in [0, 0.1) is 18.3 Å². The lowest BCUT2D eigenvalue weighted by atomic mass is 10.1. The largest absolute Gasteiger partial charge is 0.416 e. The summed E-state index contributed by atoms with van der Waals surface area (Å²) in [6.07, 6.45) is -4.51. The minimum absolute atomic E-state index is 0.126. The third kappa shape index (κ3) is 3.64. The van der Waals surface area contributed by atoms with Crippen LogP contribution in [0.5, 0.6) is 0 Å². The normalized spacial score (nSPS) is 11.2. The fourth-order valence-corrected chi connectivity index (χ4v) is 2.49. The van der Waals surface area contributed by atoms with Crippen LogP contribution in [-0.4, -0.2) is 9.97 Å². The highest BCUT2D eigenvalue weighted by Crippen LogP contribution is 2.34. The topological polar surface area (TPSA) is 69.5 Å². The van der Waals surface area contributed by atoms with E-state index in [2.05, 4.69) is 9.97 Å². The second kappa shape index (κ2) is 5.61. The maximum absolute atomic E-state index is 12.6. The number of alkyl halides is 3. The molecule has 0 fully saturated rings. The maximum atomic E-state index is 12.6. The first-order valence-electron chi connectivity index (χ1n) is 5.67. The highest BCUT2D eigenvalue weighted by Gasteiger charge is 2.31. The van der Waals surface area contributed by atoms with E-state index in [1.54, 1.807) is 13.0 Å². The van der Waals surface area contributed by atoms with E-state index in [0.717, 1.165) is 23.9 Å². The standard InChI is InChI=1S/C13H8F3N3OS/c1-7-4-11(20)19-12(18-7)21-10-3-2-9(13(14,15)16)5-8(10)6-17/h2-5H,1H3,(H,18,19,20). The van der Waals surface area contributed by atoms with Gasteiger partial charge in [-0.2, -0.15) is 18.4 Å². The lowest BCUT2D eigenvalue weighted by Crippen LogP contribution is -2.08. The van der Waals surface area contributed by atoms with Crippen molar-refractivity contribution in [1.29, 1.82) is 5.26 Å². The zero-order valence-corrected chi connectivity index (χ0v) is 11.5. The number of hydrogen-bond acceptors (Lipinski definition) is 4. The van der Waals surface area contributed by atoms with E-state index in [0.29, 0.717) is 10.6 Å². The Labute approximate surface area is 121 Å². The van der Waals surface area contributed by atoms with Crippen molar-refractivity contribution in [2.45, 2.75) is 23.2 Å². The molecule has 0 aliphatic rings. The molecule has 1 N–H and O–H groups in total. The minimum atomic E-state index is -4.51. The summed E-state index contributed by atoms with van der Waals surface area (Å²) in [6, 6.07) is 5.86. The molecule has 0 aliphatic carbocycles. The Morgan fingerprint density at radius 1 is 1.33 bits per heavy atom. The first-order valence-corrected chi connectivity index (χ1v) is 6.48. The van der Waals surface area contributed by atoms with Crippen LogP contribution in [0.2, 0.25) is 0 Å². The van der Waals surface area contributed by atoms with Crippen molar-refractivity contribution in [3.05, 3.63) is 51.4 Å². The van der Waals surface area contributed by atoms with Gasteiger partial charge in [0.2, 0.25) is 0 Å². The van der Waals surface area contributed by atoms with E-state index in [1.165, 1.54) is 12.1 Å². The molecule has 0 saturated heterocycles. The quantitative estimate of drug-likeness (QED) is 0.865. The lowest BCUT2D eigenvalue weighted by molar-refractivity contribution is -0.137. The van der Waals surface area contributed by atoms with Gasteiger partial charge in [0, 0.05) is 16.7 Å². The fourth-order valence-electron chi connectivity index (χ4n) is 1.59. The van der Waals surface area contributed by atoms with Crippen molar-refractivity contribution >= 4 is 11.8 Å². The van der Waals surface area contributed by atoms with Crippen LogP contribution in [0.25, 0.3) is 0 Å². The van der Waals surface area contributed by atoms with Gasteiger partial charge in [-0.25, -0.2) is 4.98 Å². The first-order chi connectivity index (χ1) is 9.79. The van der Waals surface area contributed by atoms with Gasteiger partial charge >= 0.3 is 6.18 Å². The number of benzene rings is 1. The molecule has 2 aromatic rings. The third-order valence-electron chi connectivity index (χ3n) is 2.48. The number of hydrogen-bond donors (Lipinski definition) is 1. The Hall–Kier alpha value is -2.27. The number of nitrogens with one attached hydrogen (secondary N) is 1. The summed E-state index contributed by atoms with van der Waals surface area (Å²) in [5.74, 6) is 0. The highest BCUT2D eigenvalue weighted by atomic mass is 32.2. The van der Waals surface area contributed by atoms with Crippen molar-refractivity contribution in [3.8, 4) is 6.07 Å². The molecular weight excluding hydrogens is 303 g/mol. The molecule has 0 atom stereocenters. The number of H-pyrrole nitrogens is 1. The molecule has 21 heavy (non-hydrogen) atoms. The van der Waals surface area contributed by atoms with Crippen LogP contribution in [0.15, 0.2) is 39.1 Å². The predicted molar refractivity (Wildman–Crippen MR) is 69.9 cm³/mol. The molecule has 8 heteroatoms. The van der Waals surface area contributed by atoms with Gasteiger partial charge in [-0.3, -0.25) is 4.79 Å². The molecule has 0 spiro atoms. The number of aryl methyl sites for hydroxylation is 1. The molecule has 0 aliphatic heterocycles. The van der Waals surface area contributed by atoms with E-state index < -0.39 is 11.7 Å². The van der Waals surface area contributed by atoms with Gasteiger partial charge in [-0.05, 0) is 25.1 Å². The summed E-state index contributed by atoms with van der Waals surface area (Å²) in [5.41, 5.74) is -0.907. The molecule has 108 valence electrons. The average Bonchev–Trinajstić information content (AvgIpc) is 2.36. The van der Waals surface area contributed by atoms with E-state index in [-0.39, 0.29) is 16.3 Å². The van der Waals surface area contributed by atoms with Crippen molar-refractivity contribution in [1.82, 2.24) is 9.97 Å². The zero-order valence-electron chi connectivity index (χ0n) is 10.7. The molecule has 0 unspecified atom stereocenters. The molecule has 2 rings (SSSR count). The fraction of sp³-hybridized carbons (Fsp3) is 0.154. The Balaban J connectivity index is 2.41. The molecule has 1 aromatic heterocycles. The van der Waals surface area contributed by atoms with Gasteiger partial charge in [-0.15, -0.1) is 0 Å². The number of aromatic nitrogens is 2. The second-order valence-electron chi connectivity index (χ2n) is 4.11. The molecule has 0 bridgehead atoms. The Morgan fingerprint density at radius 2 is 2.05 bits per heavy atom. The van der Waals surface area contributed by atoms with Crippen molar-refractivity contribution in [2.75, 3.05) is 0 Å². The van der Waals surface area contributed by atoms with Crippen LogP contribution >= 0.6 is 11.8 Å². The first kappa shape index (κ1) is 15.1. The van der Waals surface area contributed by atoms with Gasteiger partial charge in [-0.1, -0.05) is 11.8 Å². The van der Waals surface area contributed by atoms with Crippen molar-refractivity contribution in [2.24, 2.45) is 0 Å². The SMILES string of the molecule is Cc1cc(=O)[nH]c(Sc2ccc(C(F)(F)F)cc2C#N)n1. The van der Waals surface area contributed by atoms with Gasteiger partial charge < -0.3 is 4.98 Å². The van der Waals surface area contributed by atoms with Crippen LogP contribution < -0.4 is 5.56 Å². The number of nitrogens with zero attached hydrogens (tertiary/aromatic N) is 2. The Bertz CT molecular complexity index is 777. The Morgan fingerprint density at radius 3 is 2.62 bits per heavy atom. The summed E-state index contributed by atoms with van der Waals surface area (Å²) >= 11 is 0.930. The average molecular weight is 311 g/mol. The third-order valence-corrected chi connectivity index (χ3v) is 3.44. The molecule has 0 amide bonds. The molecule has 0 saturated carbocycles. The number of halogens is 3. The van der Waals surface area contributed by atoms with E-state index >= 15 is 0 Å². The van der Waals surface area contributed by atoms with Gasteiger partial charge in [0.15, 0.2) is 5.16 Å². The Kier molecular flexibility index (Phi) is 4.04. The van der Waals surface area contributed by atoms with Gasteiger partial charge in [0.05, 0.1) is 11.1 Å². The minimum Gasteiger partial charge on any atom is -0.301 e. The van der Waals surface area contributed by atoms with Crippen molar-refractivity contribution < 1.29 is 13.2 Å². The van der Waals surface area contributed by atoms with Crippen LogP contribution in [0.1, 0.15) is 16.8 Å². The van der Waals surface area contributed by atoms with Crippen LogP contribution in [0.3, 0.4) is 0 Å². The summed E-state index contributed by atoms with van der Waals surface area (Å²) in [4.78, 5) is 18.1. The monoisotopic (exact) mass is 311 g/mol. The van der Waals surface area contributed by atoms with Gasteiger partial charge in [0.1, 0.15) is 6.07 Å². The molecule has 0 radical (unpaired) electrons. The summed E-state index contributed by atoms with van der Waals surface area (Å²) in [5, 5.41) is 9.19. The second-order valence-corrected chi connectivity index (χ2v) is 5.15. The number of nitriles is 1. The summed E-state index contributed by atoms with van der Waals surface area (Å²) in [7, 11) is 0. The lowest BCUT2D eigenvalue weighted by Gasteiger charge is -2.09. The molecular formula is C13H8F3N3OS. The van der Waals surface area contributed by atoms with Crippen molar-refractivity contribution in [3.63, 3.8) is 0 Å². The zero-order chi connectivity index (χ0) is 15.6. The molecule has 1 heterocycles. The highest BCUT2D eigenvalue weighted by molar-refractivity contribution is 7.99. The maximum Gasteiger partial charge on any atom is 0.416 e. The summed E-state index contributed by atoms with van der Waals surface area (Å²) in [6.45, 7) is 1.62. The predicted octanol–water partition coefficient (Wildman–Crippen LogP) is 3.12. The van der Waals surface area contributed by atoms with E-state index in [1.807, 2.05) is 0 Å². The van der Waals surface area contributed by atoms with E-state index in [9.17, 15) is 18.0 Å². The van der Waals surface area contributed by atoms with E-state index in [4.69, 9.17) is 5.26 Å². The summed E-state index contributed by atoms with van der Waals surface area (Å²) < 4.78 is 37.8. The number of aromatic amines is 1. The van der Waals surface area contributed by atoms with Crippen LogP contribution in [0.4, 0.5) is 13.2 Å². The number of rotatable bonds is 2.